The number of amides is 1. The molecule has 138 valence electrons. The predicted molar refractivity (Wildman–Crippen MR) is 106 cm³/mol. The number of benzene rings is 2. The molecular weight excluding hydrogens is 358 g/mol. The highest BCUT2D eigenvalue weighted by molar-refractivity contribution is 8.00. The molecule has 0 N–H and O–H groups in total. The summed E-state index contributed by atoms with van der Waals surface area (Å²) >= 11 is 1.64. The van der Waals surface area contributed by atoms with Crippen molar-refractivity contribution in [2.75, 3.05) is 12.3 Å². The highest BCUT2D eigenvalue weighted by Gasteiger charge is 2.55. The van der Waals surface area contributed by atoms with Gasteiger partial charge in [0.2, 0.25) is 5.91 Å². The highest BCUT2D eigenvalue weighted by Crippen LogP contribution is 2.42. The molecule has 2 unspecified atom stereocenters. The van der Waals surface area contributed by atoms with Crippen LogP contribution in [0, 0.1) is 11.8 Å². The Morgan fingerprint density at radius 3 is 2.26 bits per heavy atom. The second-order valence-electron chi connectivity index (χ2n) is 6.83. The second kappa shape index (κ2) is 7.61. The Kier molecular flexibility index (Phi) is 5.03. The van der Waals surface area contributed by atoms with E-state index in [2.05, 4.69) is 6.58 Å². The quantitative estimate of drug-likeness (QED) is 0.344. The molecule has 2 aromatic carbocycles. The van der Waals surface area contributed by atoms with Crippen molar-refractivity contribution in [3.63, 3.8) is 0 Å². The maximum Gasteiger partial charge on any atom is 0.322 e. The van der Waals surface area contributed by atoms with Gasteiger partial charge >= 0.3 is 5.97 Å². The Morgan fingerprint density at radius 2 is 1.70 bits per heavy atom. The Hall–Kier alpha value is -2.53. The molecule has 2 aromatic rings. The number of hydrogen-bond donors (Lipinski definition) is 0. The standard InChI is InChI=1S/C22H21NO3S/c1-2-15-13-23-20(24)18(21(23)27-14-15)22(25)26-19(16-9-5-3-6-10-16)17-11-7-4-8-12-17/h2-12,15,18-19,21H,1,13-14H2/t15?,18?,21-/m1/s1. The summed E-state index contributed by atoms with van der Waals surface area (Å²) in [5, 5.41) is -0.117. The van der Waals surface area contributed by atoms with Gasteiger partial charge in [0.25, 0.3) is 0 Å². The Labute approximate surface area is 163 Å². The third-order valence-electron chi connectivity index (χ3n) is 5.08. The van der Waals surface area contributed by atoms with E-state index >= 15 is 0 Å². The fraction of sp³-hybridized carbons (Fsp3) is 0.273. The number of esters is 1. The zero-order chi connectivity index (χ0) is 18.8. The zero-order valence-corrected chi connectivity index (χ0v) is 15.7. The van der Waals surface area contributed by atoms with Crippen molar-refractivity contribution >= 4 is 23.6 Å². The molecule has 0 radical (unpaired) electrons. The molecule has 0 aliphatic carbocycles. The lowest BCUT2D eigenvalue weighted by molar-refractivity contribution is -0.171. The van der Waals surface area contributed by atoms with E-state index in [1.165, 1.54) is 0 Å². The number of carbonyl (C=O) groups is 2. The molecule has 0 bridgehead atoms. The highest BCUT2D eigenvalue weighted by atomic mass is 32.2. The summed E-state index contributed by atoms with van der Waals surface area (Å²) in [7, 11) is 0. The minimum atomic E-state index is -0.712. The van der Waals surface area contributed by atoms with Crippen molar-refractivity contribution < 1.29 is 14.3 Å². The Balaban J connectivity index is 1.53. The van der Waals surface area contributed by atoms with E-state index in [9.17, 15) is 9.59 Å². The third-order valence-corrected chi connectivity index (χ3v) is 6.57. The van der Waals surface area contributed by atoms with E-state index in [-0.39, 0.29) is 17.2 Å². The molecule has 0 aromatic heterocycles. The van der Waals surface area contributed by atoms with Crippen LogP contribution in [0.5, 0.6) is 0 Å². The third kappa shape index (κ3) is 3.39. The molecule has 2 fully saturated rings. The summed E-state index contributed by atoms with van der Waals surface area (Å²) in [6, 6.07) is 19.3. The second-order valence-corrected chi connectivity index (χ2v) is 7.98. The van der Waals surface area contributed by atoms with Crippen molar-refractivity contribution in [2.45, 2.75) is 11.5 Å². The van der Waals surface area contributed by atoms with Crippen molar-refractivity contribution in [1.82, 2.24) is 4.90 Å². The smallest absolute Gasteiger partial charge is 0.322 e. The van der Waals surface area contributed by atoms with Gasteiger partial charge in [0.05, 0.1) is 0 Å². The molecular formula is C22H21NO3S. The number of ether oxygens (including phenoxy) is 1. The van der Waals surface area contributed by atoms with Gasteiger partial charge < -0.3 is 9.64 Å². The molecule has 2 aliphatic rings. The van der Waals surface area contributed by atoms with Gasteiger partial charge in [-0.15, -0.1) is 18.3 Å². The number of rotatable bonds is 5. The maximum absolute atomic E-state index is 12.9. The van der Waals surface area contributed by atoms with Crippen molar-refractivity contribution in [3.8, 4) is 0 Å². The predicted octanol–water partition coefficient (Wildman–Crippen LogP) is 3.65. The minimum Gasteiger partial charge on any atom is -0.452 e. The molecule has 5 heteroatoms. The van der Waals surface area contributed by atoms with E-state index in [4.69, 9.17) is 4.74 Å². The summed E-state index contributed by atoms with van der Waals surface area (Å²) in [5.74, 6) is -0.126. The average molecular weight is 379 g/mol. The molecule has 3 atom stereocenters. The van der Waals surface area contributed by atoms with E-state index in [1.807, 2.05) is 66.7 Å². The van der Waals surface area contributed by atoms with Crippen molar-refractivity contribution in [1.29, 1.82) is 0 Å². The molecule has 27 heavy (non-hydrogen) atoms. The molecule has 4 nitrogen and oxygen atoms in total. The monoisotopic (exact) mass is 379 g/mol. The average Bonchev–Trinajstić information content (AvgIpc) is 2.73. The van der Waals surface area contributed by atoms with Gasteiger partial charge in [-0.1, -0.05) is 66.7 Å². The van der Waals surface area contributed by atoms with Gasteiger partial charge in [-0.3, -0.25) is 9.59 Å². The Bertz CT molecular complexity index is 800. The van der Waals surface area contributed by atoms with Gasteiger partial charge in [0, 0.05) is 18.2 Å². The van der Waals surface area contributed by atoms with E-state index in [1.54, 1.807) is 16.7 Å². The molecule has 2 heterocycles. The SMILES string of the molecule is C=CC1CS[C@@H]2C(C(=O)OC(c3ccccc3)c3ccccc3)C(=O)N2C1. The Morgan fingerprint density at radius 1 is 1.11 bits per heavy atom. The number of thioether (sulfide) groups is 1. The molecule has 2 aliphatic heterocycles. The largest absolute Gasteiger partial charge is 0.452 e. The van der Waals surface area contributed by atoms with Crippen LogP contribution in [0.25, 0.3) is 0 Å². The summed E-state index contributed by atoms with van der Waals surface area (Å²) < 4.78 is 5.88. The van der Waals surface area contributed by atoms with Crippen LogP contribution in [-0.4, -0.2) is 34.4 Å². The lowest BCUT2D eigenvalue weighted by Crippen LogP contribution is -2.65. The van der Waals surface area contributed by atoms with Crippen LogP contribution in [0.15, 0.2) is 73.3 Å². The molecule has 4 rings (SSSR count). The lowest BCUT2D eigenvalue weighted by atomic mass is 9.95. The number of carbonyl (C=O) groups excluding carboxylic acids is 2. The molecule has 0 spiro atoms. The molecule has 0 saturated carbocycles. The van der Waals surface area contributed by atoms with Gasteiger partial charge in [-0.2, -0.15) is 0 Å². The first kappa shape index (κ1) is 17.9. The van der Waals surface area contributed by atoms with E-state index < -0.39 is 18.0 Å². The fourth-order valence-corrected chi connectivity index (χ4v) is 5.04. The number of nitrogens with zero attached hydrogens (tertiary/aromatic N) is 1. The molecule has 1 amide bonds. The van der Waals surface area contributed by atoms with Crippen LogP contribution in [-0.2, 0) is 14.3 Å². The van der Waals surface area contributed by atoms with Gasteiger partial charge in [-0.25, -0.2) is 0 Å². The van der Waals surface area contributed by atoms with Crippen molar-refractivity contribution in [3.05, 3.63) is 84.4 Å². The first-order valence-electron chi connectivity index (χ1n) is 9.04. The van der Waals surface area contributed by atoms with Crippen LogP contribution < -0.4 is 0 Å². The van der Waals surface area contributed by atoms with Crippen molar-refractivity contribution in [2.24, 2.45) is 11.8 Å². The summed E-state index contributed by atoms with van der Waals surface area (Å²) in [5.41, 5.74) is 1.78. The van der Waals surface area contributed by atoms with Crippen LogP contribution in [0.4, 0.5) is 0 Å². The maximum atomic E-state index is 12.9. The number of hydrogen-bond acceptors (Lipinski definition) is 4. The van der Waals surface area contributed by atoms with Gasteiger partial charge in [0.15, 0.2) is 12.0 Å². The first-order valence-corrected chi connectivity index (χ1v) is 10.1. The van der Waals surface area contributed by atoms with Gasteiger partial charge in [-0.05, 0) is 11.1 Å². The normalized spacial score (nSPS) is 24.1. The van der Waals surface area contributed by atoms with Crippen LogP contribution in [0.2, 0.25) is 0 Å². The van der Waals surface area contributed by atoms with Crippen LogP contribution in [0.3, 0.4) is 0 Å². The zero-order valence-electron chi connectivity index (χ0n) is 14.9. The van der Waals surface area contributed by atoms with E-state index in [0.717, 1.165) is 16.9 Å². The summed E-state index contributed by atoms with van der Waals surface area (Å²) in [6.45, 7) is 4.45. The first-order chi connectivity index (χ1) is 13.2. The molecule has 2 saturated heterocycles. The van der Waals surface area contributed by atoms with E-state index in [0.29, 0.717) is 6.54 Å². The minimum absolute atomic E-state index is 0.117. The number of fused-ring (bicyclic) bond motifs is 1. The number of β-lactam (4-membered cyclic amide) rings is 1. The lowest BCUT2D eigenvalue weighted by Gasteiger charge is -2.49. The topological polar surface area (TPSA) is 46.6 Å². The van der Waals surface area contributed by atoms with Crippen LogP contribution in [0.1, 0.15) is 17.2 Å². The summed E-state index contributed by atoms with van der Waals surface area (Å²) in [6.07, 6.45) is 1.36. The van der Waals surface area contributed by atoms with Gasteiger partial charge in [0.1, 0.15) is 5.37 Å². The fourth-order valence-electron chi connectivity index (χ4n) is 3.56. The van der Waals surface area contributed by atoms with Crippen LogP contribution >= 0.6 is 11.8 Å². The summed E-state index contributed by atoms with van der Waals surface area (Å²) in [4.78, 5) is 27.2.